The Morgan fingerprint density at radius 2 is 1.70 bits per heavy atom. The van der Waals surface area contributed by atoms with E-state index in [0.29, 0.717) is 33.1 Å². The van der Waals surface area contributed by atoms with E-state index in [4.69, 9.17) is 27.9 Å². The van der Waals surface area contributed by atoms with Crippen LogP contribution in [-0.4, -0.2) is 22.5 Å². The van der Waals surface area contributed by atoms with Crippen molar-refractivity contribution in [2.75, 3.05) is 17.2 Å². The predicted molar refractivity (Wildman–Crippen MR) is 133 cm³/mol. The SMILES string of the molecule is Cc1nc(Nc2cccc(NC(=O)COc3cc(Cl)ccc3Cl)c2)cc(-c2ccccc2)n1. The third-order valence-electron chi connectivity index (χ3n) is 4.58. The zero-order valence-corrected chi connectivity index (χ0v) is 19.2. The second-order valence-corrected chi connectivity index (χ2v) is 8.01. The first-order valence-electron chi connectivity index (χ1n) is 10.1. The molecule has 8 heteroatoms. The van der Waals surface area contributed by atoms with E-state index in [1.54, 1.807) is 24.3 Å². The van der Waals surface area contributed by atoms with Crippen LogP contribution < -0.4 is 15.4 Å². The Bertz CT molecular complexity index is 1280. The number of nitrogens with zero attached hydrogens (tertiary/aromatic N) is 2. The quantitative estimate of drug-likeness (QED) is 0.316. The summed E-state index contributed by atoms with van der Waals surface area (Å²) in [4.78, 5) is 21.3. The van der Waals surface area contributed by atoms with Crippen LogP contribution in [0.3, 0.4) is 0 Å². The number of hydrogen-bond donors (Lipinski definition) is 2. The fourth-order valence-electron chi connectivity index (χ4n) is 3.14. The molecular weight excluding hydrogens is 459 g/mol. The summed E-state index contributed by atoms with van der Waals surface area (Å²) in [6, 6.07) is 23.9. The van der Waals surface area contributed by atoms with Crippen molar-refractivity contribution in [1.29, 1.82) is 0 Å². The first-order chi connectivity index (χ1) is 16.0. The van der Waals surface area contributed by atoms with Gasteiger partial charge in [-0.15, -0.1) is 0 Å². The average Bonchev–Trinajstić information content (AvgIpc) is 2.80. The summed E-state index contributed by atoms with van der Waals surface area (Å²) in [5.74, 6) is 1.33. The molecule has 0 spiro atoms. The number of nitrogens with one attached hydrogen (secondary N) is 2. The first kappa shape index (κ1) is 22.6. The zero-order chi connectivity index (χ0) is 23.2. The fraction of sp³-hybridized carbons (Fsp3) is 0.0800. The van der Waals surface area contributed by atoms with Gasteiger partial charge >= 0.3 is 0 Å². The molecule has 1 amide bonds. The fourth-order valence-corrected chi connectivity index (χ4v) is 3.47. The molecule has 0 aliphatic heterocycles. The van der Waals surface area contributed by atoms with Gasteiger partial charge in [0.1, 0.15) is 17.4 Å². The van der Waals surface area contributed by atoms with Gasteiger partial charge in [0.25, 0.3) is 5.91 Å². The Morgan fingerprint density at radius 1 is 0.909 bits per heavy atom. The van der Waals surface area contributed by atoms with Crippen molar-refractivity contribution in [3.63, 3.8) is 0 Å². The molecular formula is C25H20Cl2N4O2. The standard InChI is InChI=1S/C25H20Cl2N4O2/c1-16-28-22(17-6-3-2-4-7-17)14-24(29-16)30-19-8-5-9-20(13-19)31-25(32)15-33-23-12-18(26)10-11-21(23)27/h2-14H,15H2,1H3,(H,31,32)(H,28,29,30). The lowest BCUT2D eigenvalue weighted by Crippen LogP contribution is -2.20. The van der Waals surface area contributed by atoms with Crippen molar-refractivity contribution in [2.24, 2.45) is 0 Å². The number of hydrogen-bond acceptors (Lipinski definition) is 5. The molecule has 0 bridgehead atoms. The van der Waals surface area contributed by atoms with E-state index in [9.17, 15) is 4.79 Å². The van der Waals surface area contributed by atoms with E-state index < -0.39 is 0 Å². The van der Waals surface area contributed by atoms with E-state index in [-0.39, 0.29) is 12.5 Å². The minimum atomic E-state index is -0.326. The Kier molecular flexibility index (Phi) is 7.07. The van der Waals surface area contributed by atoms with Crippen LogP contribution in [-0.2, 0) is 4.79 Å². The van der Waals surface area contributed by atoms with Gasteiger partial charge in [-0.1, -0.05) is 59.6 Å². The molecule has 0 unspecified atom stereocenters. The summed E-state index contributed by atoms with van der Waals surface area (Å²) in [6.07, 6.45) is 0. The van der Waals surface area contributed by atoms with Crippen LogP contribution in [0.2, 0.25) is 10.0 Å². The second kappa shape index (κ2) is 10.3. The number of aryl methyl sites for hydroxylation is 1. The summed E-state index contributed by atoms with van der Waals surface area (Å²) in [6.45, 7) is 1.64. The third-order valence-corrected chi connectivity index (χ3v) is 5.13. The molecule has 4 rings (SSSR count). The van der Waals surface area contributed by atoms with Crippen LogP contribution in [0.5, 0.6) is 5.75 Å². The number of carbonyl (C=O) groups excluding carboxylic acids is 1. The van der Waals surface area contributed by atoms with E-state index >= 15 is 0 Å². The molecule has 0 aliphatic carbocycles. The maximum absolute atomic E-state index is 12.3. The van der Waals surface area contributed by atoms with Crippen LogP contribution in [0.25, 0.3) is 11.3 Å². The molecule has 0 atom stereocenters. The number of aromatic nitrogens is 2. The Balaban J connectivity index is 1.42. The summed E-state index contributed by atoms with van der Waals surface area (Å²) < 4.78 is 5.48. The molecule has 33 heavy (non-hydrogen) atoms. The molecule has 6 nitrogen and oxygen atoms in total. The molecule has 1 aromatic heterocycles. The highest BCUT2D eigenvalue weighted by Gasteiger charge is 2.09. The Morgan fingerprint density at radius 3 is 2.52 bits per heavy atom. The van der Waals surface area contributed by atoms with Crippen molar-refractivity contribution in [2.45, 2.75) is 6.92 Å². The number of amides is 1. The van der Waals surface area contributed by atoms with Crippen molar-refractivity contribution < 1.29 is 9.53 Å². The van der Waals surface area contributed by atoms with E-state index in [2.05, 4.69) is 20.6 Å². The molecule has 0 aliphatic rings. The van der Waals surface area contributed by atoms with E-state index in [1.165, 1.54) is 0 Å². The van der Waals surface area contributed by atoms with Gasteiger partial charge in [-0.05, 0) is 37.3 Å². The van der Waals surface area contributed by atoms with Crippen molar-refractivity contribution >= 4 is 46.3 Å². The molecule has 166 valence electrons. The highest BCUT2D eigenvalue weighted by atomic mass is 35.5. The molecule has 4 aromatic rings. The highest BCUT2D eigenvalue weighted by molar-refractivity contribution is 6.34. The zero-order valence-electron chi connectivity index (χ0n) is 17.7. The van der Waals surface area contributed by atoms with Crippen molar-refractivity contribution in [1.82, 2.24) is 9.97 Å². The lowest BCUT2D eigenvalue weighted by atomic mass is 10.1. The molecule has 2 N–H and O–H groups in total. The lowest BCUT2D eigenvalue weighted by molar-refractivity contribution is -0.118. The monoisotopic (exact) mass is 478 g/mol. The molecule has 0 saturated heterocycles. The van der Waals surface area contributed by atoms with Crippen molar-refractivity contribution in [3.05, 3.63) is 94.7 Å². The van der Waals surface area contributed by atoms with Crippen molar-refractivity contribution in [3.8, 4) is 17.0 Å². The summed E-state index contributed by atoms with van der Waals surface area (Å²) in [5.41, 5.74) is 3.21. The molecule has 0 radical (unpaired) electrons. The number of benzene rings is 3. The van der Waals surface area contributed by atoms with E-state index in [1.807, 2.05) is 61.5 Å². The second-order valence-electron chi connectivity index (χ2n) is 7.17. The lowest BCUT2D eigenvalue weighted by Gasteiger charge is -2.12. The number of carbonyl (C=O) groups is 1. The normalized spacial score (nSPS) is 10.5. The Labute approximate surface area is 201 Å². The minimum absolute atomic E-state index is 0.205. The number of ether oxygens (including phenoxy) is 1. The van der Waals surface area contributed by atoms with E-state index in [0.717, 1.165) is 16.9 Å². The first-order valence-corrected chi connectivity index (χ1v) is 10.9. The molecule has 3 aromatic carbocycles. The maximum Gasteiger partial charge on any atom is 0.262 e. The van der Waals surface area contributed by atoms with Crippen LogP contribution in [0.15, 0.2) is 78.9 Å². The van der Waals surface area contributed by atoms with Crippen LogP contribution in [0.1, 0.15) is 5.82 Å². The third kappa shape index (κ3) is 6.22. The van der Waals surface area contributed by atoms with Crippen LogP contribution in [0.4, 0.5) is 17.2 Å². The van der Waals surface area contributed by atoms with Crippen LogP contribution in [0, 0.1) is 6.92 Å². The summed E-state index contributed by atoms with van der Waals surface area (Å²) in [5, 5.41) is 6.94. The van der Waals surface area contributed by atoms with Gasteiger partial charge in [-0.25, -0.2) is 9.97 Å². The van der Waals surface area contributed by atoms with Gasteiger partial charge in [-0.2, -0.15) is 0 Å². The van der Waals surface area contributed by atoms with Gasteiger partial charge in [0.2, 0.25) is 0 Å². The number of halogens is 2. The summed E-state index contributed by atoms with van der Waals surface area (Å²) >= 11 is 12.0. The molecule has 1 heterocycles. The number of anilines is 3. The number of rotatable bonds is 7. The van der Waals surface area contributed by atoms with Gasteiger partial charge < -0.3 is 15.4 Å². The van der Waals surface area contributed by atoms with Gasteiger partial charge in [0, 0.05) is 34.1 Å². The maximum atomic E-state index is 12.3. The van der Waals surface area contributed by atoms with Gasteiger partial charge in [0.15, 0.2) is 6.61 Å². The largest absolute Gasteiger partial charge is 0.482 e. The Hall–Kier alpha value is -3.61. The predicted octanol–water partition coefficient (Wildman–Crippen LogP) is 6.52. The van der Waals surface area contributed by atoms with Gasteiger partial charge in [0.05, 0.1) is 10.7 Å². The smallest absolute Gasteiger partial charge is 0.262 e. The molecule has 0 saturated carbocycles. The highest BCUT2D eigenvalue weighted by Crippen LogP contribution is 2.28. The van der Waals surface area contributed by atoms with Crippen LogP contribution >= 0.6 is 23.2 Å². The van der Waals surface area contributed by atoms with Gasteiger partial charge in [-0.3, -0.25) is 4.79 Å². The summed E-state index contributed by atoms with van der Waals surface area (Å²) in [7, 11) is 0. The minimum Gasteiger partial charge on any atom is -0.482 e. The molecule has 0 fully saturated rings. The average molecular weight is 479 g/mol. The topological polar surface area (TPSA) is 76.1 Å².